The molecular weight excluding hydrogens is 333 g/mol. The molecule has 0 saturated heterocycles. The molecule has 122 valence electrons. The van der Waals surface area contributed by atoms with Crippen molar-refractivity contribution < 1.29 is 18.7 Å². The topological polar surface area (TPSA) is 63.3 Å². The molecule has 3 rings (SSSR count). The van der Waals surface area contributed by atoms with Crippen molar-refractivity contribution in [3.8, 4) is 22.7 Å². The number of aromatic nitrogens is 1. The highest BCUT2D eigenvalue weighted by Crippen LogP contribution is 2.30. The van der Waals surface area contributed by atoms with E-state index >= 15 is 0 Å². The average molecular weight is 346 g/mol. The summed E-state index contributed by atoms with van der Waals surface area (Å²) in [6, 6.07) is 12.8. The van der Waals surface area contributed by atoms with Crippen LogP contribution in [0, 0.1) is 5.82 Å². The normalized spacial score (nSPS) is 10.8. The summed E-state index contributed by atoms with van der Waals surface area (Å²) in [6.45, 7) is 0. The zero-order valence-corrected chi connectivity index (χ0v) is 13.3. The van der Waals surface area contributed by atoms with Gasteiger partial charge in [-0.1, -0.05) is 23.7 Å². The maximum absolute atomic E-state index is 13.1. The van der Waals surface area contributed by atoms with Crippen molar-refractivity contribution in [3.05, 3.63) is 65.1 Å². The molecule has 0 spiro atoms. The third-order valence-electron chi connectivity index (χ3n) is 3.47. The van der Waals surface area contributed by atoms with Crippen LogP contribution in [0.25, 0.3) is 22.7 Å². The van der Waals surface area contributed by atoms with E-state index in [-0.39, 0.29) is 18.7 Å². The first kappa shape index (κ1) is 16.2. The number of aliphatic carboxylic acids is 1. The van der Waals surface area contributed by atoms with E-state index in [0.717, 1.165) is 5.56 Å². The molecule has 0 atom stereocenters. The number of carboxylic acid groups (broad SMARTS) is 1. The molecule has 0 aliphatic heterocycles. The molecule has 1 N–H and O–H groups in total. The van der Waals surface area contributed by atoms with Gasteiger partial charge in [0.25, 0.3) is 0 Å². The van der Waals surface area contributed by atoms with Crippen LogP contribution in [-0.2, 0) is 11.2 Å². The first-order valence-electron chi connectivity index (χ1n) is 7.26. The summed E-state index contributed by atoms with van der Waals surface area (Å²) < 4.78 is 18.8. The Bertz CT molecular complexity index is 857. The predicted molar refractivity (Wildman–Crippen MR) is 88.3 cm³/mol. The fourth-order valence-electron chi connectivity index (χ4n) is 2.29. The molecule has 0 aliphatic carbocycles. The van der Waals surface area contributed by atoms with Crippen LogP contribution in [0.3, 0.4) is 0 Å². The molecule has 3 aromatic rings. The molecule has 0 bridgehead atoms. The predicted octanol–water partition coefficient (Wildman–Crippen LogP) is 4.82. The van der Waals surface area contributed by atoms with Gasteiger partial charge in [-0.05, 0) is 36.4 Å². The Morgan fingerprint density at radius 2 is 1.71 bits per heavy atom. The fraction of sp³-hybridized carbons (Fsp3) is 0.111. The van der Waals surface area contributed by atoms with Gasteiger partial charge in [0.2, 0.25) is 5.89 Å². The molecule has 4 nitrogen and oxygen atoms in total. The minimum absolute atomic E-state index is 0.0708. The van der Waals surface area contributed by atoms with Crippen LogP contribution in [0.15, 0.2) is 52.9 Å². The zero-order valence-electron chi connectivity index (χ0n) is 12.5. The Labute approximate surface area is 142 Å². The van der Waals surface area contributed by atoms with Gasteiger partial charge >= 0.3 is 5.97 Å². The molecule has 24 heavy (non-hydrogen) atoms. The Balaban J connectivity index is 2.02. The third kappa shape index (κ3) is 3.63. The SMILES string of the molecule is O=C(O)CCc1oc(-c2ccc(F)cc2)nc1-c1ccc(Cl)cc1. The molecule has 2 aromatic carbocycles. The first-order chi connectivity index (χ1) is 11.5. The van der Waals surface area contributed by atoms with Crippen molar-refractivity contribution in [2.24, 2.45) is 0 Å². The smallest absolute Gasteiger partial charge is 0.303 e. The number of halogens is 2. The molecular formula is C18H13ClFNO3. The van der Waals surface area contributed by atoms with Gasteiger partial charge in [-0.3, -0.25) is 4.79 Å². The van der Waals surface area contributed by atoms with Gasteiger partial charge in [-0.25, -0.2) is 9.37 Å². The Kier molecular flexibility index (Phi) is 4.62. The lowest BCUT2D eigenvalue weighted by Gasteiger charge is -2.00. The third-order valence-corrected chi connectivity index (χ3v) is 3.72. The number of carboxylic acids is 1. The second-order valence-electron chi connectivity index (χ2n) is 5.20. The molecule has 0 fully saturated rings. The second kappa shape index (κ2) is 6.84. The minimum atomic E-state index is -0.920. The van der Waals surface area contributed by atoms with Gasteiger partial charge in [0.15, 0.2) is 0 Å². The summed E-state index contributed by atoms with van der Waals surface area (Å²) in [4.78, 5) is 15.3. The lowest BCUT2D eigenvalue weighted by atomic mass is 10.1. The Hall–Kier alpha value is -2.66. The molecule has 1 aromatic heterocycles. The van der Waals surface area contributed by atoms with E-state index in [0.29, 0.717) is 27.9 Å². The number of carbonyl (C=O) groups is 1. The van der Waals surface area contributed by atoms with Crippen molar-refractivity contribution >= 4 is 17.6 Å². The van der Waals surface area contributed by atoms with Crippen LogP contribution in [0.1, 0.15) is 12.2 Å². The number of hydrogen-bond donors (Lipinski definition) is 1. The van der Waals surface area contributed by atoms with Crippen molar-refractivity contribution in [1.82, 2.24) is 4.98 Å². The lowest BCUT2D eigenvalue weighted by molar-refractivity contribution is -0.137. The fourth-order valence-corrected chi connectivity index (χ4v) is 2.42. The van der Waals surface area contributed by atoms with Crippen LogP contribution >= 0.6 is 11.6 Å². The van der Waals surface area contributed by atoms with Gasteiger partial charge in [-0.15, -0.1) is 0 Å². The van der Waals surface area contributed by atoms with Gasteiger partial charge in [0, 0.05) is 22.6 Å². The number of oxazole rings is 1. The maximum Gasteiger partial charge on any atom is 0.303 e. The Morgan fingerprint density at radius 1 is 1.08 bits per heavy atom. The summed E-state index contributed by atoms with van der Waals surface area (Å²) in [7, 11) is 0. The number of benzene rings is 2. The van der Waals surface area contributed by atoms with Crippen LogP contribution in [0.5, 0.6) is 0 Å². The molecule has 0 saturated carbocycles. The van der Waals surface area contributed by atoms with Crippen LogP contribution in [-0.4, -0.2) is 16.1 Å². The van der Waals surface area contributed by atoms with Gasteiger partial charge in [-0.2, -0.15) is 0 Å². The number of hydrogen-bond acceptors (Lipinski definition) is 3. The van der Waals surface area contributed by atoms with E-state index in [1.165, 1.54) is 12.1 Å². The second-order valence-corrected chi connectivity index (χ2v) is 5.63. The molecule has 0 amide bonds. The standard InChI is InChI=1S/C18H13ClFNO3/c19-13-5-1-11(2-6-13)17-15(9-10-16(22)23)24-18(21-17)12-3-7-14(20)8-4-12/h1-8H,9-10H2,(H,22,23). The monoisotopic (exact) mass is 345 g/mol. The summed E-state index contributed by atoms with van der Waals surface area (Å²) >= 11 is 5.90. The highest BCUT2D eigenvalue weighted by atomic mass is 35.5. The van der Waals surface area contributed by atoms with E-state index in [1.807, 2.05) is 0 Å². The highest BCUT2D eigenvalue weighted by molar-refractivity contribution is 6.30. The summed E-state index contributed by atoms with van der Waals surface area (Å²) in [5.74, 6) is -0.481. The number of rotatable bonds is 5. The average Bonchev–Trinajstić information content (AvgIpc) is 2.98. The number of nitrogens with zero attached hydrogens (tertiary/aromatic N) is 1. The molecule has 1 heterocycles. The molecule has 0 unspecified atom stereocenters. The first-order valence-corrected chi connectivity index (χ1v) is 7.64. The van der Waals surface area contributed by atoms with E-state index in [4.69, 9.17) is 21.1 Å². The number of aryl methyl sites for hydroxylation is 1. The van der Waals surface area contributed by atoms with Crippen LogP contribution in [0.2, 0.25) is 5.02 Å². The van der Waals surface area contributed by atoms with Gasteiger partial charge in [0.1, 0.15) is 17.3 Å². The summed E-state index contributed by atoms with van der Waals surface area (Å²) in [5, 5.41) is 9.50. The Morgan fingerprint density at radius 3 is 2.33 bits per heavy atom. The van der Waals surface area contributed by atoms with Crippen molar-refractivity contribution in [2.75, 3.05) is 0 Å². The van der Waals surface area contributed by atoms with Crippen LogP contribution in [0.4, 0.5) is 4.39 Å². The van der Waals surface area contributed by atoms with Gasteiger partial charge in [0.05, 0.1) is 6.42 Å². The summed E-state index contributed by atoms with van der Waals surface area (Å²) in [6.07, 6.45) is 0.139. The van der Waals surface area contributed by atoms with Crippen molar-refractivity contribution in [2.45, 2.75) is 12.8 Å². The van der Waals surface area contributed by atoms with Crippen molar-refractivity contribution in [1.29, 1.82) is 0 Å². The largest absolute Gasteiger partial charge is 0.481 e. The lowest BCUT2D eigenvalue weighted by Crippen LogP contribution is -1.97. The highest BCUT2D eigenvalue weighted by Gasteiger charge is 2.17. The van der Waals surface area contributed by atoms with Gasteiger partial charge < -0.3 is 9.52 Å². The minimum Gasteiger partial charge on any atom is -0.481 e. The maximum atomic E-state index is 13.1. The molecule has 0 aliphatic rings. The van der Waals surface area contributed by atoms with E-state index in [1.54, 1.807) is 36.4 Å². The zero-order chi connectivity index (χ0) is 17.1. The van der Waals surface area contributed by atoms with Crippen LogP contribution < -0.4 is 0 Å². The van der Waals surface area contributed by atoms with E-state index in [9.17, 15) is 9.18 Å². The van der Waals surface area contributed by atoms with Crippen molar-refractivity contribution in [3.63, 3.8) is 0 Å². The van der Waals surface area contributed by atoms with E-state index in [2.05, 4.69) is 4.98 Å². The summed E-state index contributed by atoms with van der Waals surface area (Å²) in [5.41, 5.74) is 1.96. The molecule has 6 heteroatoms. The van der Waals surface area contributed by atoms with E-state index < -0.39 is 5.97 Å². The quantitative estimate of drug-likeness (QED) is 0.720. The molecule has 0 radical (unpaired) electrons.